The number of non-ortho nitro benzene ring substituents is 1. The average molecular weight is 388 g/mol. The third kappa shape index (κ3) is 4.35. The van der Waals surface area contributed by atoms with E-state index < -0.39 is 10.8 Å². The second-order valence-corrected chi connectivity index (χ2v) is 7.30. The van der Waals surface area contributed by atoms with Crippen molar-refractivity contribution in [2.45, 2.75) is 4.34 Å². The highest BCUT2D eigenvalue weighted by Crippen LogP contribution is 2.28. The van der Waals surface area contributed by atoms with E-state index in [-0.39, 0.29) is 22.9 Å². The van der Waals surface area contributed by atoms with E-state index in [0.717, 1.165) is 14.6 Å². The molecule has 0 aliphatic rings. The number of hydrogen-bond acceptors (Lipinski definition) is 7. The van der Waals surface area contributed by atoms with Crippen molar-refractivity contribution in [3.63, 3.8) is 0 Å². The highest BCUT2D eigenvalue weighted by Gasteiger charge is 2.11. The molecule has 3 aromatic rings. The number of nitro groups is 1. The summed E-state index contributed by atoms with van der Waals surface area (Å²) in [6.45, 7) is 0. The van der Waals surface area contributed by atoms with Crippen LogP contribution >= 0.6 is 23.1 Å². The van der Waals surface area contributed by atoms with Gasteiger partial charge >= 0.3 is 0 Å². The van der Waals surface area contributed by atoms with Crippen molar-refractivity contribution in [3.05, 3.63) is 64.2 Å². The van der Waals surface area contributed by atoms with Gasteiger partial charge in [-0.15, -0.1) is 11.3 Å². The standard InChI is InChI=1S/C16H12N4O4S2/c21-14(9-25-16-17-12-3-1-2-4-13(12)26-16)18-19-15(22)10-5-7-11(8-6-10)20(23)24/h1-8H,9H2,(H,18,21)(H,19,22). The number of nitro benzene ring substituents is 1. The first kappa shape index (κ1) is 17.8. The van der Waals surface area contributed by atoms with Gasteiger partial charge in [0.2, 0.25) is 5.91 Å². The number of carbonyl (C=O) groups excluding carboxylic acids is 2. The van der Waals surface area contributed by atoms with Crippen LogP contribution in [-0.4, -0.2) is 27.5 Å². The molecule has 132 valence electrons. The van der Waals surface area contributed by atoms with Gasteiger partial charge in [0.05, 0.1) is 20.9 Å². The molecule has 0 radical (unpaired) electrons. The molecule has 26 heavy (non-hydrogen) atoms. The lowest BCUT2D eigenvalue weighted by Gasteiger charge is -2.06. The predicted octanol–water partition coefficient (Wildman–Crippen LogP) is 2.76. The number of aromatic nitrogens is 1. The summed E-state index contributed by atoms with van der Waals surface area (Å²) >= 11 is 2.77. The molecule has 0 aliphatic carbocycles. The lowest BCUT2D eigenvalue weighted by Crippen LogP contribution is -2.42. The number of fused-ring (bicyclic) bond motifs is 1. The normalized spacial score (nSPS) is 10.5. The van der Waals surface area contributed by atoms with E-state index in [4.69, 9.17) is 0 Å². The minimum Gasteiger partial charge on any atom is -0.272 e. The largest absolute Gasteiger partial charge is 0.272 e. The highest BCUT2D eigenvalue weighted by atomic mass is 32.2. The molecule has 3 rings (SSSR count). The first-order valence-electron chi connectivity index (χ1n) is 7.35. The Morgan fingerprint density at radius 3 is 2.54 bits per heavy atom. The van der Waals surface area contributed by atoms with Crippen LogP contribution in [-0.2, 0) is 4.79 Å². The van der Waals surface area contributed by atoms with E-state index in [0.29, 0.717) is 0 Å². The Morgan fingerprint density at radius 1 is 1.12 bits per heavy atom. The molecule has 0 spiro atoms. The summed E-state index contributed by atoms with van der Waals surface area (Å²) in [5, 5.41) is 10.6. The van der Waals surface area contributed by atoms with Crippen LogP contribution in [0.2, 0.25) is 0 Å². The molecule has 10 heteroatoms. The summed E-state index contributed by atoms with van der Waals surface area (Å²) < 4.78 is 1.81. The van der Waals surface area contributed by atoms with Gasteiger partial charge in [0, 0.05) is 17.7 Å². The lowest BCUT2D eigenvalue weighted by molar-refractivity contribution is -0.384. The molecular weight excluding hydrogens is 376 g/mol. The molecule has 0 saturated heterocycles. The fraction of sp³-hybridized carbons (Fsp3) is 0.0625. The Balaban J connectivity index is 1.48. The van der Waals surface area contributed by atoms with Crippen LogP contribution in [0.5, 0.6) is 0 Å². The van der Waals surface area contributed by atoms with Gasteiger partial charge in [-0.25, -0.2) is 4.98 Å². The smallest absolute Gasteiger partial charge is 0.269 e. The molecule has 0 saturated carbocycles. The zero-order valence-corrected chi connectivity index (χ0v) is 14.8. The van der Waals surface area contributed by atoms with Gasteiger partial charge in [-0.1, -0.05) is 23.9 Å². The molecule has 0 atom stereocenters. The van der Waals surface area contributed by atoms with Gasteiger partial charge in [0.1, 0.15) is 0 Å². The average Bonchev–Trinajstić information content (AvgIpc) is 3.07. The van der Waals surface area contributed by atoms with Gasteiger partial charge in [-0.05, 0) is 24.3 Å². The van der Waals surface area contributed by atoms with Gasteiger partial charge in [-0.2, -0.15) is 0 Å². The Labute approximate surface area is 155 Å². The van der Waals surface area contributed by atoms with Crippen LogP contribution in [0.4, 0.5) is 5.69 Å². The molecule has 0 aliphatic heterocycles. The number of hydrazine groups is 1. The fourth-order valence-corrected chi connectivity index (χ4v) is 3.88. The summed E-state index contributed by atoms with van der Waals surface area (Å²) in [5.74, 6) is -0.844. The van der Waals surface area contributed by atoms with Crippen molar-refractivity contribution in [2.75, 3.05) is 5.75 Å². The number of carbonyl (C=O) groups is 2. The van der Waals surface area contributed by atoms with E-state index in [9.17, 15) is 19.7 Å². The van der Waals surface area contributed by atoms with Crippen LogP contribution < -0.4 is 10.9 Å². The van der Waals surface area contributed by atoms with Crippen LogP contribution in [0.25, 0.3) is 10.2 Å². The van der Waals surface area contributed by atoms with E-state index in [1.54, 1.807) is 0 Å². The second kappa shape index (κ2) is 7.93. The Bertz CT molecular complexity index is 939. The lowest BCUT2D eigenvalue weighted by atomic mass is 10.2. The Kier molecular flexibility index (Phi) is 5.44. The number of rotatable bonds is 5. The maximum absolute atomic E-state index is 11.9. The first-order valence-corrected chi connectivity index (χ1v) is 9.15. The highest BCUT2D eigenvalue weighted by molar-refractivity contribution is 8.01. The predicted molar refractivity (Wildman–Crippen MR) is 99.0 cm³/mol. The van der Waals surface area contributed by atoms with E-state index in [2.05, 4.69) is 15.8 Å². The van der Waals surface area contributed by atoms with Crippen LogP contribution in [0, 0.1) is 10.1 Å². The summed E-state index contributed by atoms with van der Waals surface area (Å²) in [6, 6.07) is 12.8. The number of hydrogen-bond donors (Lipinski definition) is 2. The van der Waals surface area contributed by atoms with Crippen molar-refractivity contribution >= 4 is 50.8 Å². The van der Waals surface area contributed by atoms with Crippen molar-refractivity contribution in [1.82, 2.24) is 15.8 Å². The molecule has 8 nitrogen and oxygen atoms in total. The summed E-state index contributed by atoms with van der Waals surface area (Å²) in [4.78, 5) is 38.2. The topological polar surface area (TPSA) is 114 Å². The minimum atomic E-state index is -0.557. The second-order valence-electron chi connectivity index (χ2n) is 5.04. The molecule has 1 aromatic heterocycles. The van der Waals surface area contributed by atoms with Gasteiger partial charge < -0.3 is 0 Å². The number of nitrogens with one attached hydrogen (secondary N) is 2. The van der Waals surface area contributed by atoms with Crippen LogP contribution in [0.15, 0.2) is 52.9 Å². The van der Waals surface area contributed by atoms with Gasteiger partial charge in [0.15, 0.2) is 4.34 Å². The quantitative estimate of drug-likeness (QED) is 0.395. The van der Waals surface area contributed by atoms with E-state index in [1.807, 2.05) is 24.3 Å². The Hall–Kier alpha value is -2.98. The fourth-order valence-electron chi connectivity index (χ4n) is 2.01. The minimum absolute atomic E-state index is 0.0976. The molecular formula is C16H12N4O4S2. The van der Waals surface area contributed by atoms with Crippen molar-refractivity contribution in [2.24, 2.45) is 0 Å². The number of thiazole rings is 1. The van der Waals surface area contributed by atoms with E-state index in [1.165, 1.54) is 47.4 Å². The third-order valence-electron chi connectivity index (χ3n) is 3.26. The Morgan fingerprint density at radius 2 is 1.85 bits per heavy atom. The van der Waals surface area contributed by atoms with Crippen LogP contribution in [0.1, 0.15) is 10.4 Å². The van der Waals surface area contributed by atoms with Crippen molar-refractivity contribution < 1.29 is 14.5 Å². The maximum Gasteiger partial charge on any atom is 0.269 e. The molecule has 2 aromatic carbocycles. The monoisotopic (exact) mass is 388 g/mol. The first-order chi connectivity index (χ1) is 12.5. The molecule has 0 fully saturated rings. The van der Waals surface area contributed by atoms with Crippen LogP contribution in [0.3, 0.4) is 0 Å². The molecule has 2 N–H and O–H groups in total. The number of benzene rings is 2. The molecule has 0 bridgehead atoms. The SMILES string of the molecule is O=C(CSc1nc2ccccc2s1)NNC(=O)c1ccc([N+](=O)[O-])cc1. The molecule has 0 unspecified atom stereocenters. The molecule has 2 amide bonds. The summed E-state index contributed by atoms with van der Waals surface area (Å²) in [6.07, 6.45) is 0. The van der Waals surface area contributed by atoms with E-state index >= 15 is 0 Å². The summed E-state index contributed by atoms with van der Waals surface area (Å²) in [7, 11) is 0. The third-order valence-corrected chi connectivity index (χ3v) is 5.44. The number of thioether (sulfide) groups is 1. The van der Waals surface area contributed by atoms with Gasteiger partial charge in [0.25, 0.3) is 11.6 Å². The zero-order valence-electron chi connectivity index (χ0n) is 13.2. The van der Waals surface area contributed by atoms with Crippen molar-refractivity contribution in [3.8, 4) is 0 Å². The summed E-state index contributed by atoms with van der Waals surface area (Å²) in [5.41, 5.74) is 5.55. The number of para-hydroxylation sites is 1. The number of amides is 2. The van der Waals surface area contributed by atoms with Crippen molar-refractivity contribution in [1.29, 1.82) is 0 Å². The maximum atomic E-state index is 11.9. The zero-order chi connectivity index (χ0) is 18.5. The number of nitrogens with zero attached hydrogens (tertiary/aromatic N) is 2. The van der Waals surface area contributed by atoms with Gasteiger partial charge in [-0.3, -0.25) is 30.6 Å². The molecule has 1 heterocycles.